The molecule has 2 aliphatic heterocycles. The number of nitrogens with one attached hydrogen (secondary N) is 1. The molecule has 0 radical (unpaired) electrons. The first-order chi connectivity index (χ1) is 5.24. The van der Waals surface area contributed by atoms with Gasteiger partial charge in [-0.1, -0.05) is 9.39 Å². The molecule has 2 saturated heterocycles. The van der Waals surface area contributed by atoms with Crippen molar-refractivity contribution in [3.8, 4) is 0 Å². The largest absolute Gasteiger partial charge is 0.273 e. The van der Waals surface area contributed by atoms with Gasteiger partial charge in [-0.25, -0.2) is 0 Å². The van der Waals surface area contributed by atoms with Gasteiger partial charge in [-0.05, 0) is 13.8 Å². The molecule has 0 aromatic heterocycles. The maximum Gasteiger partial charge on any atom is 0.120 e. The molecule has 2 heterocycles. The van der Waals surface area contributed by atoms with E-state index in [1.807, 2.05) is 0 Å². The van der Waals surface area contributed by atoms with E-state index in [-0.39, 0.29) is 0 Å². The normalized spacial score (nSPS) is 50.5. The van der Waals surface area contributed by atoms with Crippen molar-refractivity contribution in [1.29, 1.82) is 0 Å². The molecule has 0 aliphatic carbocycles. The van der Waals surface area contributed by atoms with Crippen molar-refractivity contribution in [1.82, 2.24) is 14.9 Å². The third-order valence-electron chi connectivity index (χ3n) is 2.59. The summed E-state index contributed by atoms with van der Waals surface area (Å²) in [7, 11) is 2.61. The van der Waals surface area contributed by atoms with E-state index in [0.29, 0.717) is 6.29 Å². The van der Waals surface area contributed by atoms with Crippen LogP contribution in [0.1, 0.15) is 13.8 Å². The molecule has 0 spiro atoms. The Bertz CT molecular complexity index is 148. The fourth-order valence-corrected chi connectivity index (χ4v) is 1.96. The smallest absolute Gasteiger partial charge is 0.120 e. The van der Waals surface area contributed by atoms with Crippen LogP contribution in [0, 0.1) is 0 Å². The van der Waals surface area contributed by atoms with Crippen LogP contribution in [0.15, 0.2) is 0 Å². The Kier molecular flexibility index (Phi) is 1.92. The van der Waals surface area contributed by atoms with Crippen LogP contribution in [0.2, 0.25) is 0 Å². The van der Waals surface area contributed by atoms with Gasteiger partial charge in [0.2, 0.25) is 0 Å². The molecule has 0 saturated carbocycles. The van der Waals surface area contributed by atoms with E-state index >= 15 is 0 Å². The van der Waals surface area contributed by atoms with E-state index in [1.54, 1.807) is 0 Å². The van der Waals surface area contributed by atoms with Crippen LogP contribution in [0.3, 0.4) is 0 Å². The first kappa shape index (κ1) is 7.93. The highest BCUT2D eigenvalue weighted by molar-refractivity contribution is 7.13. The SMILES string of the molecule is CC1CN1C(NP)N1CC1C. The molecule has 1 N–H and O–H groups in total. The predicted molar refractivity (Wildman–Crippen MR) is 49.0 cm³/mol. The fourth-order valence-electron chi connectivity index (χ4n) is 1.58. The van der Waals surface area contributed by atoms with Crippen molar-refractivity contribution in [2.75, 3.05) is 13.1 Å². The van der Waals surface area contributed by atoms with E-state index in [4.69, 9.17) is 0 Å². The van der Waals surface area contributed by atoms with Gasteiger partial charge in [0.25, 0.3) is 0 Å². The molecule has 3 nitrogen and oxygen atoms in total. The Labute approximate surface area is 70.4 Å². The molecular formula is C7H16N3P. The van der Waals surface area contributed by atoms with Crippen molar-refractivity contribution in [2.24, 2.45) is 0 Å². The molecule has 64 valence electrons. The monoisotopic (exact) mass is 173 g/mol. The summed E-state index contributed by atoms with van der Waals surface area (Å²) in [6.45, 7) is 7.02. The maximum atomic E-state index is 3.26. The maximum absolute atomic E-state index is 3.26. The summed E-state index contributed by atoms with van der Waals surface area (Å²) in [5.41, 5.74) is 0. The van der Waals surface area contributed by atoms with Gasteiger partial charge >= 0.3 is 0 Å². The summed E-state index contributed by atoms with van der Waals surface area (Å²) >= 11 is 0. The standard InChI is InChI=1S/C7H16N3P/c1-5-3-9(5)7(8-11)10-4-6(10)2/h5-8H,3-4,11H2,1-2H3. The molecule has 2 rings (SSSR count). The summed E-state index contributed by atoms with van der Waals surface area (Å²) < 4.78 is 0. The zero-order chi connectivity index (χ0) is 8.01. The van der Waals surface area contributed by atoms with E-state index in [1.165, 1.54) is 13.1 Å². The van der Waals surface area contributed by atoms with E-state index in [0.717, 1.165) is 12.1 Å². The highest BCUT2D eigenvalue weighted by atomic mass is 31.0. The highest BCUT2D eigenvalue weighted by Crippen LogP contribution is 2.29. The van der Waals surface area contributed by atoms with Gasteiger partial charge in [0.05, 0.1) is 0 Å². The fraction of sp³-hybridized carbons (Fsp3) is 1.00. The first-order valence-electron chi connectivity index (χ1n) is 4.21. The van der Waals surface area contributed by atoms with E-state index in [2.05, 4.69) is 38.1 Å². The molecule has 0 aromatic carbocycles. The van der Waals surface area contributed by atoms with Crippen LogP contribution < -0.4 is 5.09 Å². The van der Waals surface area contributed by atoms with Gasteiger partial charge in [0.1, 0.15) is 6.29 Å². The molecule has 2 fully saturated rings. The summed E-state index contributed by atoms with van der Waals surface area (Å²) in [5.74, 6) is 0. The molecule has 5 unspecified atom stereocenters. The lowest BCUT2D eigenvalue weighted by molar-refractivity contribution is 0.213. The molecule has 11 heavy (non-hydrogen) atoms. The number of rotatable bonds is 3. The predicted octanol–water partition coefficient (Wildman–Crippen LogP) is 0.0579. The van der Waals surface area contributed by atoms with Gasteiger partial charge in [0, 0.05) is 25.2 Å². The number of hydrogen-bond acceptors (Lipinski definition) is 3. The molecular weight excluding hydrogens is 157 g/mol. The number of nitrogens with zero attached hydrogens (tertiary/aromatic N) is 2. The average molecular weight is 173 g/mol. The van der Waals surface area contributed by atoms with E-state index in [9.17, 15) is 0 Å². The van der Waals surface area contributed by atoms with Gasteiger partial charge in [-0.2, -0.15) is 0 Å². The second-order valence-electron chi connectivity index (χ2n) is 3.63. The van der Waals surface area contributed by atoms with Gasteiger partial charge in [0.15, 0.2) is 0 Å². The minimum absolute atomic E-state index is 0.477. The zero-order valence-electron chi connectivity index (χ0n) is 7.12. The van der Waals surface area contributed by atoms with Crippen LogP contribution >= 0.6 is 9.39 Å². The number of hydrogen-bond donors (Lipinski definition) is 1. The van der Waals surface area contributed by atoms with Crippen LogP contribution in [-0.2, 0) is 0 Å². The average Bonchev–Trinajstić information content (AvgIpc) is 2.80. The zero-order valence-corrected chi connectivity index (χ0v) is 8.27. The Balaban J connectivity index is 1.87. The van der Waals surface area contributed by atoms with Crippen molar-refractivity contribution in [2.45, 2.75) is 32.2 Å². The molecule has 0 aromatic rings. The van der Waals surface area contributed by atoms with Crippen molar-refractivity contribution < 1.29 is 0 Å². The van der Waals surface area contributed by atoms with Crippen molar-refractivity contribution >= 4 is 9.39 Å². The minimum Gasteiger partial charge on any atom is -0.273 e. The third-order valence-corrected chi connectivity index (χ3v) is 2.89. The lowest BCUT2D eigenvalue weighted by Crippen LogP contribution is -2.38. The summed E-state index contributed by atoms with van der Waals surface area (Å²) in [6, 6.07) is 1.56. The third kappa shape index (κ3) is 1.43. The molecule has 0 amide bonds. The Hall–Kier alpha value is 0.310. The molecule has 0 bridgehead atoms. The lowest BCUT2D eigenvalue weighted by atomic mass is 10.5. The van der Waals surface area contributed by atoms with Crippen LogP contribution in [0.4, 0.5) is 0 Å². The van der Waals surface area contributed by atoms with E-state index < -0.39 is 0 Å². The van der Waals surface area contributed by atoms with Crippen molar-refractivity contribution in [3.05, 3.63) is 0 Å². The second kappa shape index (κ2) is 2.67. The van der Waals surface area contributed by atoms with Crippen molar-refractivity contribution in [3.63, 3.8) is 0 Å². The quantitative estimate of drug-likeness (QED) is 0.480. The first-order valence-corrected chi connectivity index (χ1v) is 4.79. The van der Waals surface area contributed by atoms with Gasteiger partial charge in [-0.15, -0.1) is 0 Å². The van der Waals surface area contributed by atoms with Crippen LogP contribution in [0.25, 0.3) is 0 Å². The topological polar surface area (TPSA) is 18.0 Å². The van der Waals surface area contributed by atoms with Crippen LogP contribution in [-0.4, -0.2) is 41.3 Å². The lowest BCUT2D eigenvalue weighted by Gasteiger charge is -2.19. The van der Waals surface area contributed by atoms with Gasteiger partial charge in [-0.3, -0.25) is 14.9 Å². The summed E-state index contributed by atoms with van der Waals surface area (Å²) in [6.07, 6.45) is 0.477. The Morgan fingerprint density at radius 1 is 1.27 bits per heavy atom. The van der Waals surface area contributed by atoms with Crippen LogP contribution in [0.5, 0.6) is 0 Å². The Morgan fingerprint density at radius 2 is 1.64 bits per heavy atom. The Morgan fingerprint density at radius 3 is 1.82 bits per heavy atom. The molecule has 4 heteroatoms. The molecule has 5 atom stereocenters. The molecule has 2 aliphatic rings. The second-order valence-corrected chi connectivity index (χ2v) is 3.97. The summed E-state index contributed by atoms with van der Waals surface area (Å²) in [5, 5.41) is 3.26. The highest BCUT2D eigenvalue weighted by Gasteiger charge is 2.45. The van der Waals surface area contributed by atoms with Gasteiger partial charge < -0.3 is 0 Å². The summed E-state index contributed by atoms with van der Waals surface area (Å²) in [4.78, 5) is 4.91. The minimum atomic E-state index is 0.477.